The summed E-state index contributed by atoms with van der Waals surface area (Å²) in [4.78, 5) is 6.45. The molecule has 3 heterocycles. The average molecular weight is 403 g/mol. The Hall–Kier alpha value is -1.27. The average Bonchev–Trinajstić information content (AvgIpc) is 3.39. The van der Waals surface area contributed by atoms with Gasteiger partial charge in [-0.1, -0.05) is 24.3 Å². The summed E-state index contributed by atoms with van der Waals surface area (Å²) in [7, 11) is 0. The van der Waals surface area contributed by atoms with Gasteiger partial charge in [0, 0.05) is 43.2 Å². The molecule has 1 atom stereocenters. The van der Waals surface area contributed by atoms with Gasteiger partial charge in [-0.2, -0.15) is 0 Å². The molecule has 0 aliphatic carbocycles. The lowest BCUT2D eigenvalue weighted by molar-refractivity contribution is 0.0573. The van der Waals surface area contributed by atoms with Crippen LogP contribution in [0, 0.1) is 11.7 Å². The van der Waals surface area contributed by atoms with Crippen LogP contribution in [0.3, 0.4) is 0 Å². The monoisotopic (exact) mass is 402 g/mol. The van der Waals surface area contributed by atoms with Crippen molar-refractivity contribution < 1.29 is 9.13 Å². The first-order valence-electron chi connectivity index (χ1n) is 10.6. The number of hydrogen-bond acceptors (Lipinski definition) is 4. The second-order valence-electron chi connectivity index (χ2n) is 8.22. The minimum Gasteiger partial charge on any atom is -0.377 e. The van der Waals surface area contributed by atoms with Crippen LogP contribution in [0.25, 0.3) is 0 Å². The number of piperidine rings is 1. The fraction of sp³-hybridized carbons (Fsp3) is 0.565. The van der Waals surface area contributed by atoms with Crippen molar-refractivity contribution in [2.24, 2.45) is 5.92 Å². The van der Waals surface area contributed by atoms with Gasteiger partial charge in [0.25, 0.3) is 0 Å². The van der Waals surface area contributed by atoms with Crippen LogP contribution in [-0.2, 0) is 17.8 Å². The molecule has 2 aromatic rings. The fourth-order valence-electron chi connectivity index (χ4n) is 4.46. The third-order valence-corrected chi connectivity index (χ3v) is 6.88. The maximum Gasteiger partial charge on any atom is 0.127 e. The molecule has 4 rings (SSSR count). The van der Waals surface area contributed by atoms with Gasteiger partial charge in [0.2, 0.25) is 0 Å². The second kappa shape index (κ2) is 9.97. The molecule has 0 saturated carbocycles. The number of thiophene rings is 1. The van der Waals surface area contributed by atoms with Gasteiger partial charge in [0.1, 0.15) is 5.82 Å². The summed E-state index contributed by atoms with van der Waals surface area (Å²) in [6.07, 6.45) is 5.19. The quantitative estimate of drug-likeness (QED) is 0.632. The topological polar surface area (TPSA) is 15.7 Å². The van der Waals surface area contributed by atoms with E-state index < -0.39 is 0 Å². The summed E-state index contributed by atoms with van der Waals surface area (Å²) in [5.74, 6) is 0.640. The van der Waals surface area contributed by atoms with Crippen LogP contribution in [0.15, 0.2) is 41.8 Å². The van der Waals surface area contributed by atoms with E-state index in [0.29, 0.717) is 6.10 Å². The van der Waals surface area contributed by atoms with Crippen LogP contribution in [-0.4, -0.2) is 48.7 Å². The Kier molecular flexibility index (Phi) is 7.13. The van der Waals surface area contributed by atoms with Crippen molar-refractivity contribution >= 4 is 11.3 Å². The van der Waals surface area contributed by atoms with E-state index in [-0.39, 0.29) is 5.82 Å². The van der Waals surface area contributed by atoms with Crippen molar-refractivity contribution in [3.8, 4) is 0 Å². The van der Waals surface area contributed by atoms with Crippen LogP contribution < -0.4 is 0 Å². The molecule has 1 aromatic heterocycles. The van der Waals surface area contributed by atoms with Crippen molar-refractivity contribution in [3.05, 3.63) is 58.0 Å². The molecule has 2 saturated heterocycles. The van der Waals surface area contributed by atoms with Gasteiger partial charge in [0.15, 0.2) is 0 Å². The summed E-state index contributed by atoms with van der Waals surface area (Å²) in [5, 5.41) is 2.17. The Morgan fingerprint density at radius 2 is 1.93 bits per heavy atom. The lowest BCUT2D eigenvalue weighted by atomic mass is 9.95. The third-order valence-electron chi connectivity index (χ3n) is 6.02. The Labute approximate surface area is 172 Å². The smallest absolute Gasteiger partial charge is 0.127 e. The first kappa shape index (κ1) is 20.0. The molecule has 28 heavy (non-hydrogen) atoms. The molecule has 0 N–H and O–H groups in total. The molecule has 3 nitrogen and oxygen atoms in total. The summed E-state index contributed by atoms with van der Waals surface area (Å²) >= 11 is 1.85. The second-order valence-corrected chi connectivity index (χ2v) is 9.25. The van der Waals surface area contributed by atoms with E-state index in [9.17, 15) is 4.39 Å². The first-order valence-corrected chi connectivity index (χ1v) is 11.5. The number of hydrogen-bond donors (Lipinski definition) is 0. The van der Waals surface area contributed by atoms with Gasteiger partial charge in [-0.25, -0.2) is 4.39 Å². The predicted molar refractivity (Wildman–Crippen MR) is 113 cm³/mol. The highest BCUT2D eigenvalue weighted by atomic mass is 32.1. The molecule has 5 heteroatoms. The fourth-order valence-corrected chi connectivity index (χ4v) is 5.21. The molecule has 152 valence electrons. The minimum atomic E-state index is -0.0803. The van der Waals surface area contributed by atoms with E-state index in [1.807, 2.05) is 23.5 Å². The number of ether oxygens (including phenoxy) is 1. The van der Waals surface area contributed by atoms with E-state index >= 15 is 0 Å². The largest absolute Gasteiger partial charge is 0.377 e. The van der Waals surface area contributed by atoms with Gasteiger partial charge in [-0.05, 0) is 62.2 Å². The van der Waals surface area contributed by atoms with Gasteiger partial charge < -0.3 is 4.74 Å². The number of halogens is 1. The Morgan fingerprint density at radius 1 is 1.07 bits per heavy atom. The van der Waals surface area contributed by atoms with Crippen molar-refractivity contribution in [1.82, 2.24) is 9.80 Å². The number of nitrogens with zero attached hydrogens (tertiary/aromatic N) is 2. The molecule has 0 amide bonds. The Balaban J connectivity index is 1.28. The van der Waals surface area contributed by atoms with Crippen molar-refractivity contribution in [2.45, 2.75) is 44.9 Å². The molecule has 1 unspecified atom stereocenters. The van der Waals surface area contributed by atoms with Gasteiger partial charge >= 0.3 is 0 Å². The molecule has 0 radical (unpaired) electrons. The maximum atomic E-state index is 13.9. The van der Waals surface area contributed by atoms with Crippen molar-refractivity contribution in [3.63, 3.8) is 0 Å². The highest BCUT2D eigenvalue weighted by Crippen LogP contribution is 2.24. The Morgan fingerprint density at radius 3 is 2.64 bits per heavy atom. The van der Waals surface area contributed by atoms with Crippen LogP contribution >= 0.6 is 11.3 Å². The van der Waals surface area contributed by atoms with Gasteiger partial charge in [-0.3, -0.25) is 9.80 Å². The Bertz CT molecular complexity index is 709. The van der Waals surface area contributed by atoms with Crippen LogP contribution in [0.4, 0.5) is 4.39 Å². The molecule has 2 aliphatic rings. The lowest BCUT2D eigenvalue weighted by Crippen LogP contribution is -2.40. The van der Waals surface area contributed by atoms with E-state index in [1.165, 1.54) is 30.6 Å². The van der Waals surface area contributed by atoms with Crippen LogP contribution in [0.5, 0.6) is 0 Å². The first-order chi connectivity index (χ1) is 13.8. The van der Waals surface area contributed by atoms with E-state index in [1.54, 1.807) is 12.1 Å². The van der Waals surface area contributed by atoms with E-state index in [4.69, 9.17) is 4.74 Å². The predicted octanol–water partition coefficient (Wildman–Crippen LogP) is 4.78. The molecule has 0 spiro atoms. The molecular formula is C23H31FN2OS. The highest BCUT2D eigenvalue weighted by Gasteiger charge is 2.25. The zero-order chi connectivity index (χ0) is 19.2. The van der Waals surface area contributed by atoms with Gasteiger partial charge in [-0.15, -0.1) is 11.3 Å². The standard InChI is InChI=1S/C23H31FN2OS/c24-23-8-2-1-5-20(23)16-25-11-9-19(10-12-25)15-26(17-21-6-3-13-27-21)18-22-7-4-14-28-22/h1-2,4-5,7-8,14,19,21H,3,6,9-13,15-18H2. The number of likely N-dealkylation sites (tertiary alicyclic amines) is 1. The summed E-state index contributed by atoms with van der Waals surface area (Å²) < 4.78 is 19.8. The van der Waals surface area contributed by atoms with Crippen LogP contribution in [0.2, 0.25) is 0 Å². The van der Waals surface area contributed by atoms with E-state index in [2.05, 4.69) is 27.3 Å². The number of rotatable bonds is 8. The normalized spacial score (nSPS) is 21.6. The van der Waals surface area contributed by atoms with Crippen molar-refractivity contribution in [2.75, 3.05) is 32.8 Å². The molecule has 2 aliphatic heterocycles. The number of benzene rings is 1. The molecule has 2 fully saturated rings. The molecule has 1 aromatic carbocycles. The zero-order valence-electron chi connectivity index (χ0n) is 16.6. The lowest BCUT2D eigenvalue weighted by Gasteiger charge is -2.35. The summed E-state index contributed by atoms with van der Waals surface area (Å²) in [6.45, 7) is 7.00. The summed E-state index contributed by atoms with van der Waals surface area (Å²) in [5.41, 5.74) is 0.818. The highest BCUT2D eigenvalue weighted by molar-refractivity contribution is 7.09. The molecule has 0 bridgehead atoms. The van der Waals surface area contributed by atoms with Crippen LogP contribution in [0.1, 0.15) is 36.1 Å². The maximum absolute atomic E-state index is 13.9. The third kappa shape index (κ3) is 5.63. The minimum absolute atomic E-state index is 0.0803. The van der Waals surface area contributed by atoms with Crippen molar-refractivity contribution in [1.29, 1.82) is 0 Å². The summed E-state index contributed by atoms with van der Waals surface area (Å²) in [6, 6.07) is 11.6. The van der Waals surface area contributed by atoms with Gasteiger partial charge in [0.05, 0.1) is 6.10 Å². The molecular weight excluding hydrogens is 371 g/mol. The van der Waals surface area contributed by atoms with E-state index in [0.717, 1.165) is 57.4 Å². The SMILES string of the molecule is Fc1ccccc1CN1CCC(CN(Cc2cccs2)CC2CCCO2)CC1. The zero-order valence-corrected chi connectivity index (χ0v) is 17.4.